The van der Waals surface area contributed by atoms with Crippen molar-refractivity contribution in [1.82, 2.24) is 14.9 Å². The maximum Gasteiger partial charge on any atom is 0.416 e. The maximum absolute atomic E-state index is 12.8. The standard InChI is InChI=1S/C16H17N3O5S.C15H12F3NO4S.C14H13ClO5S/c1-9-10(15(20)11-8-17-19(2)16(11)21)4-5-13(25(3,22)23)14(9)12-6-7-24-18-12;1-24(21,22)12-6-9(15(16,17)18)4-5-10(12)13(20)11-7-19-23-14(11)8-2-3-8;1-21(19,20)8-5-6-9(10(15)7-8)14(18)13-11(16)3-2-4-12(13)17/h4-5,8,17H,6-7H2,1-3H3;4-8H,2-3H2,1H3;5-7,13H,2-4H2,1H3. The zero-order valence-corrected chi connectivity index (χ0v) is 40.9. The van der Waals surface area contributed by atoms with Gasteiger partial charge >= 0.3 is 6.18 Å². The zero-order chi connectivity index (χ0) is 51.8. The molecule has 2 fully saturated rings. The Bertz CT molecular complexity index is 3410. The number of rotatable bonds is 11. The third-order valence-electron chi connectivity index (χ3n) is 11.3. The van der Waals surface area contributed by atoms with E-state index in [9.17, 15) is 67.2 Å². The summed E-state index contributed by atoms with van der Waals surface area (Å²) in [7, 11) is -9.50. The van der Waals surface area contributed by atoms with Gasteiger partial charge in [-0.05, 0) is 80.3 Å². The Morgan fingerprint density at radius 2 is 1.37 bits per heavy atom. The number of hydrogen-bond acceptors (Lipinski definition) is 16. The van der Waals surface area contributed by atoms with Gasteiger partial charge in [-0.2, -0.15) is 13.2 Å². The number of aromatic amines is 1. The molecule has 70 heavy (non-hydrogen) atoms. The summed E-state index contributed by atoms with van der Waals surface area (Å²) in [5, 5.41) is 10.0. The molecule has 2 aromatic heterocycles. The minimum Gasteiger partial charge on any atom is -0.395 e. The van der Waals surface area contributed by atoms with Crippen LogP contribution < -0.4 is 5.56 Å². The molecular formula is C45H42ClF3N4O14S3. The lowest BCUT2D eigenvalue weighted by Crippen LogP contribution is -2.35. The van der Waals surface area contributed by atoms with E-state index in [-0.39, 0.29) is 61.4 Å². The van der Waals surface area contributed by atoms with Crippen molar-refractivity contribution >= 4 is 75.7 Å². The van der Waals surface area contributed by atoms with E-state index in [4.69, 9.17) is 21.0 Å². The molecule has 1 aliphatic heterocycles. The molecule has 3 aromatic carbocycles. The molecule has 372 valence electrons. The molecule has 0 amide bonds. The third kappa shape index (κ3) is 11.6. The fourth-order valence-corrected chi connectivity index (χ4v) is 10.4. The minimum atomic E-state index is -4.71. The first-order valence-electron chi connectivity index (χ1n) is 20.8. The molecule has 18 nitrogen and oxygen atoms in total. The number of hydrogen-bond donors (Lipinski definition) is 1. The van der Waals surface area contributed by atoms with Gasteiger partial charge in [-0.25, -0.2) is 25.3 Å². The number of aromatic nitrogens is 3. The molecule has 5 aromatic rings. The lowest BCUT2D eigenvalue weighted by molar-refractivity contribution is -0.138. The number of benzene rings is 3. The van der Waals surface area contributed by atoms with Crippen molar-refractivity contribution in [2.75, 3.05) is 25.4 Å². The van der Waals surface area contributed by atoms with Crippen molar-refractivity contribution in [2.45, 2.75) is 72.2 Å². The van der Waals surface area contributed by atoms with Gasteiger partial charge in [0, 0.05) is 79.4 Å². The number of nitrogens with zero attached hydrogens (tertiary/aromatic N) is 3. The molecule has 8 rings (SSSR count). The number of sulfone groups is 3. The topological polar surface area (TPSA) is 273 Å². The second-order valence-corrected chi connectivity index (χ2v) is 23.0. The molecule has 1 N–H and O–H groups in total. The molecule has 0 atom stereocenters. The van der Waals surface area contributed by atoms with Crippen molar-refractivity contribution in [2.24, 2.45) is 18.1 Å². The fourth-order valence-electron chi connectivity index (χ4n) is 7.53. The highest BCUT2D eigenvalue weighted by Gasteiger charge is 2.38. The third-order valence-corrected chi connectivity index (χ3v) is 15.0. The molecule has 0 unspecified atom stereocenters. The second kappa shape index (κ2) is 20.2. The molecule has 0 saturated heterocycles. The maximum atomic E-state index is 12.8. The predicted molar refractivity (Wildman–Crippen MR) is 244 cm³/mol. The van der Waals surface area contributed by atoms with E-state index in [0.717, 1.165) is 43.7 Å². The van der Waals surface area contributed by atoms with E-state index in [1.165, 1.54) is 48.4 Å². The van der Waals surface area contributed by atoms with Crippen LogP contribution in [0.4, 0.5) is 13.2 Å². The van der Waals surface area contributed by atoms with Crippen LogP contribution in [0, 0.1) is 12.8 Å². The number of carbonyl (C=O) groups is 5. The van der Waals surface area contributed by atoms with Crippen LogP contribution in [0.1, 0.15) is 109 Å². The number of aryl methyl sites for hydroxylation is 1. The molecule has 0 radical (unpaired) electrons. The van der Waals surface area contributed by atoms with E-state index in [0.29, 0.717) is 54.2 Å². The largest absolute Gasteiger partial charge is 0.416 e. The summed E-state index contributed by atoms with van der Waals surface area (Å²) in [6.07, 6.45) is 3.62. The van der Waals surface area contributed by atoms with Crippen LogP contribution in [-0.4, -0.2) is 100 Å². The van der Waals surface area contributed by atoms with Gasteiger partial charge in [0.15, 0.2) is 64.2 Å². The van der Waals surface area contributed by atoms with Crippen LogP contribution in [0.3, 0.4) is 0 Å². The Labute approximate surface area is 402 Å². The van der Waals surface area contributed by atoms with E-state index < -0.39 is 86.5 Å². The molecule has 3 heterocycles. The average molecular weight is 1050 g/mol. The number of oxime groups is 1. The highest BCUT2D eigenvalue weighted by atomic mass is 35.5. The molecule has 2 aliphatic carbocycles. The number of H-pyrrole nitrogens is 1. The van der Waals surface area contributed by atoms with Crippen LogP contribution in [0.5, 0.6) is 0 Å². The Kier molecular flexibility index (Phi) is 15.3. The van der Waals surface area contributed by atoms with Crippen molar-refractivity contribution in [1.29, 1.82) is 0 Å². The molecule has 25 heteroatoms. The number of carbonyl (C=O) groups excluding carboxylic acids is 5. The molecule has 0 bridgehead atoms. The van der Waals surface area contributed by atoms with E-state index in [2.05, 4.69) is 15.4 Å². The van der Waals surface area contributed by atoms with Crippen LogP contribution in [-0.2, 0) is 57.2 Å². The van der Waals surface area contributed by atoms with Crippen LogP contribution in [0.15, 0.2) is 90.1 Å². The van der Waals surface area contributed by atoms with E-state index in [1.54, 1.807) is 6.92 Å². The highest BCUT2D eigenvalue weighted by Crippen LogP contribution is 2.42. The van der Waals surface area contributed by atoms with Crippen LogP contribution >= 0.6 is 11.6 Å². The zero-order valence-electron chi connectivity index (χ0n) is 37.7. The number of ketones is 5. The molecule has 2 saturated carbocycles. The van der Waals surface area contributed by atoms with Crippen molar-refractivity contribution in [3.8, 4) is 0 Å². The van der Waals surface area contributed by atoms with Crippen molar-refractivity contribution in [3.05, 3.63) is 127 Å². The van der Waals surface area contributed by atoms with Crippen molar-refractivity contribution in [3.63, 3.8) is 0 Å². The minimum absolute atomic E-state index is 0.00216. The first kappa shape index (κ1) is 53.0. The quantitative estimate of drug-likeness (QED) is 0.120. The second-order valence-electron chi connectivity index (χ2n) is 16.6. The predicted octanol–water partition coefficient (Wildman–Crippen LogP) is 5.85. The number of halogens is 4. The summed E-state index contributed by atoms with van der Waals surface area (Å²) in [6.45, 7) is 2.00. The van der Waals surface area contributed by atoms with E-state index in [1.807, 2.05) is 0 Å². The highest BCUT2D eigenvalue weighted by molar-refractivity contribution is 7.91. The summed E-state index contributed by atoms with van der Waals surface area (Å²) < 4.78 is 116. The number of alkyl halides is 3. The van der Waals surface area contributed by atoms with Gasteiger partial charge < -0.3 is 14.5 Å². The van der Waals surface area contributed by atoms with Gasteiger partial charge in [-0.15, -0.1) is 0 Å². The summed E-state index contributed by atoms with van der Waals surface area (Å²) in [5.74, 6) is -3.57. The lowest BCUT2D eigenvalue weighted by Gasteiger charge is -2.18. The van der Waals surface area contributed by atoms with Gasteiger partial charge in [0.2, 0.25) is 0 Å². The summed E-state index contributed by atoms with van der Waals surface area (Å²) in [4.78, 5) is 77.7. The molecular weight excluding hydrogens is 1010 g/mol. The smallest absolute Gasteiger partial charge is 0.395 e. The van der Waals surface area contributed by atoms with E-state index >= 15 is 0 Å². The Hall–Kier alpha value is -6.37. The van der Waals surface area contributed by atoms with Gasteiger partial charge in [0.05, 0.1) is 42.7 Å². The first-order valence-corrected chi connectivity index (χ1v) is 26.9. The SMILES string of the molecule is CS(=O)(=O)c1cc(C(F)(F)F)ccc1C(=O)c1cnoc1C1CC1.CS(=O)(=O)c1ccc(C(=O)C2C(=O)CCCC2=O)c(Cl)c1.Cc1c(C(=O)c2c[nH]n(C)c2=O)ccc(S(C)(=O)=O)c1C1=NOCC1. The summed E-state index contributed by atoms with van der Waals surface area (Å²) in [5.41, 5.74) is -0.252. The van der Waals surface area contributed by atoms with Gasteiger partial charge in [-0.3, -0.25) is 33.4 Å². The van der Waals surface area contributed by atoms with Gasteiger partial charge in [-0.1, -0.05) is 21.9 Å². The van der Waals surface area contributed by atoms with Crippen LogP contribution in [0.25, 0.3) is 0 Å². The Morgan fingerprint density at radius 1 is 0.771 bits per heavy atom. The molecule has 0 spiro atoms. The van der Waals surface area contributed by atoms with Gasteiger partial charge in [0.1, 0.15) is 18.1 Å². The van der Waals surface area contributed by atoms with Crippen LogP contribution in [0.2, 0.25) is 5.02 Å². The monoisotopic (exact) mass is 1050 g/mol. The van der Waals surface area contributed by atoms with Crippen molar-refractivity contribution < 1.29 is 71.8 Å². The van der Waals surface area contributed by atoms with Gasteiger partial charge in [0.25, 0.3) is 5.56 Å². The Balaban J connectivity index is 0.000000173. The molecule has 3 aliphatic rings. The normalized spacial score (nSPS) is 15.5. The first-order chi connectivity index (χ1) is 32.5. The summed E-state index contributed by atoms with van der Waals surface area (Å²) in [6, 6.07) is 8.50. The number of Topliss-reactive ketones (excluding diaryl/α,β-unsaturated/α-hetero) is 3. The number of nitrogens with one attached hydrogen (secondary N) is 1. The average Bonchev–Trinajstić information content (AvgIpc) is 3.58. The summed E-state index contributed by atoms with van der Waals surface area (Å²) >= 11 is 5.94. The Morgan fingerprint density at radius 3 is 1.89 bits per heavy atom. The lowest BCUT2D eigenvalue weighted by atomic mass is 9.82. The fraction of sp³-hybridized carbons (Fsp3) is 0.333.